The van der Waals surface area contributed by atoms with Crippen LogP contribution in [0.5, 0.6) is 0 Å². The molecule has 0 bridgehead atoms. The maximum absolute atomic E-state index is 12.4. The molecule has 1 aliphatic rings. The Morgan fingerprint density at radius 2 is 1.97 bits per heavy atom. The summed E-state index contributed by atoms with van der Waals surface area (Å²) in [5, 5.41) is 8.90. The lowest BCUT2D eigenvalue weighted by Gasteiger charge is -2.13. The minimum Gasteiger partial charge on any atom is -0.376 e. The van der Waals surface area contributed by atoms with Crippen LogP contribution in [0.15, 0.2) is 18.2 Å². The SMILES string of the molecule is Cc1ccc(-n2nc(C)c3c(C)c(CCC(=O)NC[C@@H]4CCCO4)c(C)nc32)cc1C. The van der Waals surface area contributed by atoms with Crippen LogP contribution in [0.3, 0.4) is 0 Å². The second kappa shape index (κ2) is 8.79. The number of carbonyl (C=O) groups excluding carboxylic acids is 1. The van der Waals surface area contributed by atoms with Gasteiger partial charge in [0.05, 0.1) is 17.5 Å². The molecule has 2 aromatic heterocycles. The van der Waals surface area contributed by atoms with E-state index < -0.39 is 0 Å². The Morgan fingerprint density at radius 3 is 2.68 bits per heavy atom. The smallest absolute Gasteiger partial charge is 0.220 e. The third-order valence-corrected chi connectivity index (χ3v) is 6.46. The van der Waals surface area contributed by atoms with Gasteiger partial charge in [-0.2, -0.15) is 5.10 Å². The van der Waals surface area contributed by atoms with Crippen molar-refractivity contribution in [2.24, 2.45) is 0 Å². The van der Waals surface area contributed by atoms with Crippen LogP contribution >= 0.6 is 0 Å². The van der Waals surface area contributed by atoms with Crippen LogP contribution in [-0.4, -0.2) is 39.9 Å². The molecule has 0 radical (unpaired) electrons. The highest BCUT2D eigenvalue weighted by Gasteiger charge is 2.19. The number of nitrogens with one attached hydrogen (secondary N) is 1. The number of hydrogen-bond acceptors (Lipinski definition) is 4. The van der Waals surface area contributed by atoms with Crippen molar-refractivity contribution in [1.82, 2.24) is 20.1 Å². The van der Waals surface area contributed by atoms with Gasteiger partial charge in [0, 0.05) is 30.7 Å². The lowest BCUT2D eigenvalue weighted by atomic mass is 9.99. The van der Waals surface area contributed by atoms with E-state index in [0.717, 1.165) is 53.1 Å². The molecule has 164 valence electrons. The zero-order valence-corrected chi connectivity index (χ0v) is 19.2. The first kappa shape index (κ1) is 21.5. The Hall–Kier alpha value is -2.73. The topological polar surface area (TPSA) is 69.0 Å². The fraction of sp³-hybridized carbons (Fsp3) is 0.480. The van der Waals surface area contributed by atoms with Gasteiger partial charge in [0.2, 0.25) is 5.91 Å². The van der Waals surface area contributed by atoms with Crippen LogP contribution in [0.2, 0.25) is 0 Å². The van der Waals surface area contributed by atoms with Crippen molar-refractivity contribution in [1.29, 1.82) is 0 Å². The normalized spacial score (nSPS) is 16.2. The van der Waals surface area contributed by atoms with Crippen molar-refractivity contribution in [3.8, 4) is 5.69 Å². The number of hydrogen-bond donors (Lipinski definition) is 1. The first-order valence-electron chi connectivity index (χ1n) is 11.2. The molecule has 0 unspecified atom stereocenters. The molecule has 1 atom stereocenters. The van der Waals surface area contributed by atoms with E-state index in [2.05, 4.69) is 44.3 Å². The summed E-state index contributed by atoms with van der Waals surface area (Å²) < 4.78 is 7.52. The van der Waals surface area contributed by atoms with Crippen LogP contribution in [0.1, 0.15) is 52.9 Å². The van der Waals surface area contributed by atoms with Crippen molar-refractivity contribution >= 4 is 16.9 Å². The van der Waals surface area contributed by atoms with Gasteiger partial charge in [0.1, 0.15) is 0 Å². The van der Waals surface area contributed by atoms with Crippen molar-refractivity contribution in [3.63, 3.8) is 0 Å². The quantitative estimate of drug-likeness (QED) is 0.649. The molecule has 1 aromatic carbocycles. The number of pyridine rings is 1. The predicted octanol–water partition coefficient (Wildman–Crippen LogP) is 4.19. The number of aromatic nitrogens is 3. The van der Waals surface area contributed by atoms with E-state index in [9.17, 15) is 4.79 Å². The summed E-state index contributed by atoms with van der Waals surface area (Å²) in [4.78, 5) is 17.3. The number of carbonyl (C=O) groups is 1. The third-order valence-electron chi connectivity index (χ3n) is 6.46. The molecular formula is C25H32N4O2. The molecule has 6 heteroatoms. The zero-order valence-electron chi connectivity index (χ0n) is 19.2. The maximum Gasteiger partial charge on any atom is 0.220 e. The Kier molecular flexibility index (Phi) is 6.10. The number of amides is 1. The summed E-state index contributed by atoms with van der Waals surface area (Å²) in [5.41, 5.74) is 8.63. The summed E-state index contributed by atoms with van der Waals surface area (Å²) in [5.74, 6) is 0.0666. The van der Waals surface area contributed by atoms with Gasteiger partial charge in [-0.1, -0.05) is 6.07 Å². The molecular weight excluding hydrogens is 388 g/mol. The summed E-state index contributed by atoms with van der Waals surface area (Å²) in [6.45, 7) is 11.8. The van der Waals surface area contributed by atoms with Gasteiger partial charge in [-0.15, -0.1) is 0 Å². The average Bonchev–Trinajstić information content (AvgIpc) is 3.36. The lowest BCUT2D eigenvalue weighted by molar-refractivity contribution is -0.121. The minimum atomic E-state index is 0.0666. The zero-order chi connectivity index (χ0) is 22.1. The predicted molar refractivity (Wildman–Crippen MR) is 123 cm³/mol. The molecule has 3 heterocycles. The largest absolute Gasteiger partial charge is 0.376 e. The van der Waals surface area contributed by atoms with Crippen molar-refractivity contribution in [2.45, 2.75) is 66.4 Å². The minimum absolute atomic E-state index is 0.0666. The second-order valence-corrected chi connectivity index (χ2v) is 8.70. The van der Waals surface area contributed by atoms with Gasteiger partial charge >= 0.3 is 0 Å². The van der Waals surface area contributed by atoms with Gasteiger partial charge in [0.15, 0.2) is 5.65 Å². The number of ether oxygens (including phenoxy) is 1. The van der Waals surface area contributed by atoms with E-state index in [-0.39, 0.29) is 12.0 Å². The molecule has 0 saturated carbocycles. The lowest BCUT2D eigenvalue weighted by Crippen LogP contribution is -2.31. The van der Waals surface area contributed by atoms with E-state index >= 15 is 0 Å². The van der Waals surface area contributed by atoms with Crippen molar-refractivity contribution < 1.29 is 9.53 Å². The van der Waals surface area contributed by atoms with Crippen LogP contribution in [0.4, 0.5) is 0 Å². The molecule has 4 rings (SSSR count). The van der Waals surface area contributed by atoms with E-state index in [4.69, 9.17) is 14.8 Å². The van der Waals surface area contributed by atoms with Crippen LogP contribution in [0.25, 0.3) is 16.7 Å². The number of benzene rings is 1. The first-order chi connectivity index (χ1) is 14.8. The van der Waals surface area contributed by atoms with Gasteiger partial charge in [0.25, 0.3) is 0 Å². The molecule has 0 spiro atoms. The Balaban J connectivity index is 1.57. The number of rotatable bonds is 6. The van der Waals surface area contributed by atoms with Crippen LogP contribution < -0.4 is 5.32 Å². The Morgan fingerprint density at radius 1 is 1.16 bits per heavy atom. The summed E-state index contributed by atoms with van der Waals surface area (Å²) >= 11 is 0. The molecule has 1 saturated heterocycles. The van der Waals surface area contributed by atoms with E-state index in [1.807, 2.05) is 18.5 Å². The third kappa shape index (κ3) is 4.35. The van der Waals surface area contributed by atoms with E-state index in [0.29, 0.717) is 19.4 Å². The fourth-order valence-corrected chi connectivity index (χ4v) is 4.47. The molecule has 1 N–H and O–H groups in total. The fourth-order valence-electron chi connectivity index (χ4n) is 4.47. The molecule has 1 aliphatic heterocycles. The highest BCUT2D eigenvalue weighted by molar-refractivity contribution is 5.85. The average molecular weight is 421 g/mol. The van der Waals surface area contributed by atoms with Gasteiger partial charge in [-0.3, -0.25) is 4.79 Å². The van der Waals surface area contributed by atoms with Crippen molar-refractivity contribution in [2.75, 3.05) is 13.2 Å². The standard InChI is InChI=1S/C25H32N4O2/c1-15-8-9-20(13-16(15)2)29-25-24(19(5)28-29)17(3)22(18(4)27-25)10-11-23(30)26-14-21-7-6-12-31-21/h8-9,13,21H,6-7,10-12,14H2,1-5H3,(H,26,30)/t21-/m0/s1. The second-order valence-electron chi connectivity index (χ2n) is 8.70. The Bertz CT molecular complexity index is 1130. The molecule has 3 aromatic rings. The van der Waals surface area contributed by atoms with Crippen LogP contribution in [-0.2, 0) is 16.0 Å². The van der Waals surface area contributed by atoms with E-state index in [1.165, 1.54) is 16.7 Å². The highest BCUT2D eigenvalue weighted by Crippen LogP contribution is 2.28. The Labute approximate surface area is 184 Å². The summed E-state index contributed by atoms with van der Waals surface area (Å²) in [6.07, 6.45) is 3.41. The summed E-state index contributed by atoms with van der Waals surface area (Å²) in [6, 6.07) is 6.36. The number of fused-ring (bicyclic) bond motifs is 1. The first-order valence-corrected chi connectivity index (χ1v) is 11.2. The molecule has 0 aliphatic carbocycles. The molecule has 31 heavy (non-hydrogen) atoms. The maximum atomic E-state index is 12.4. The monoisotopic (exact) mass is 420 g/mol. The van der Waals surface area contributed by atoms with Gasteiger partial charge < -0.3 is 10.1 Å². The van der Waals surface area contributed by atoms with E-state index in [1.54, 1.807) is 0 Å². The van der Waals surface area contributed by atoms with Gasteiger partial charge in [-0.05, 0) is 88.3 Å². The van der Waals surface area contributed by atoms with Crippen molar-refractivity contribution in [3.05, 3.63) is 51.8 Å². The van der Waals surface area contributed by atoms with Gasteiger partial charge in [-0.25, -0.2) is 9.67 Å². The molecule has 1 amide bonds. The number of nitrogens with zero attached hydrogens (tertiary/aromatic N) is 3. The summed E-state index contributed by atoms with van der Waals surface area (Å²) in [7, 11) is 0. The van der Waals surface area contributed by atoms with Crippen LogP contribution in [0, 0.1) is 34.6 Å². The molecule has 6 nitrogen and oxygen atoms in total. The number of aryl methyl sites for hydroxylation is 5. The molecule has 1 fully saturated rings. The highest BCUT2D eigenvalue weighted by atomic mass is 16.5.